The molecular weight excluding hydrogens is 328 g/mol. The minimum atomic E-state index is -0.454. The molecule has 0 N–H and O–H groups in total. The van der Waals surface area contributed by atoms with E-state index in [1.165, 1.54) is 5.56 Å². The molecule has 4 nitrogen and oxygen atoms in total. The SMILES string of the molecule is C=C1C=Cc2ccc(OCC(=O)Oc3ccc(C(C)CC)cc3)cc2O1. The summed E-state index contributed by atoms with van der Waals surface area (Å²) in [5.41, 5.74) is 2.17. The number of carbonyl (C=O) groups excluding carboxylic acids is 1. The van der Waals surface area contributed by atoms with E-state index in [0.29, 0.717) is 28.9 Å². The molecular formula is C22H22O4. The van der Waals surface area contributed by atoms with Gasteiger partial charge in [-0.25, -0.2) is 4.79 Å². The van der Waals surface area contributed by atoms with Crippen LogP contribution in [0, 0.1) is 0 Å². The molecule has 0 aliphatic carbocycles. The predicted molar refractivity (Wildman–Crippen MR) is 102 cm³/mol. The first-order valence-electron chi connectivity index (χ1n) is 8.67. The van der Waals surface area contributed by atoms with Gasteiger partial charge in [0.05, 0.1) is 0 Å². The molecule has 1 aliphatic heterocycles. The number of ether oxygens (including phenoxy) is 3. The van der Waals surface area contributed by atoms with Crippen molar-refractivity contribution in [3.8, 4) is 17.2 Å². The molecule has 0 saturated carbocycles. The highest BCUT2D eigenvalue weighted by Crippen LogP contribution is 2.30. The number of esters is 1. The molecule has 1 unspecified atom stereocenters. The van der Waals surface area contributed by atoms with Crippen molar-refractivity contribution in [1.82, 2.24) is 0 Å². The Kier molecular flexibility index (Phi) is 5.42. The topological polar surface area (TPSA) is 44.8 Å². The maximum atomic E-state index is 12.0. The van der Waals surface area contributed by atoms with Crippen molar-refractivity contribution in [1.29, 1.82) is 0 Å². The fourth-order valence-corrected chi connectivity index (χ4v) is 2.59. The van der Waals surface area contributed by atoms with Crippen LogP contribution in [0.1, 0.15) is 37.3 Å². The largest absolute Gasteiger partial charge is 0.482 e. The summed E-state index contributed by atoms with van der Waals surface area (Å²) in [6, 6.07) is 13.0. The molecule has 2 aromatic rings. The van der Waals surface area contributed by atoms with Crippen LogP contribution < -0.4 is 14.2 Å². The Hall–Kier alpha value is -3.01. The van der Waals surface area contributed by atoms with E-state index in [1.54, 1.807) is 18.2 Å². The smallest absolute Gasteiger partial charge is 0.349 e. The molecule has 0 saturated heterocycles. The van der Waals surface area contributed by atoms with Crippen LogP contribution in [0.4, 0.5) is 0 Å². The number of hydrogen-bond donors (Lipinski definition) is 0. The minimum Gasteiger partial charge on any atom is -0.482 e. The third kappa shape index (κ3) is 4.33. The van der Waals surface area contributed by atoms with Gasteiger partial charge in [0.2, 0.25) is 0 Å². The molecule has 0 amide bonds. The Morgan fingerprint density at radius 2 is 1.85 bits per heavy atom. The molecule has 0 aromatic heterocycles. The molecule has 1 heterocycles. The normalized spacial score (nSPS) is 13.5. The Balaban J connectivity index is 1.55. The molecule has 0 bridgehead atoms. The molecule has 0 radical (unpaired) electrons. The molecule has 3 rings (SSSR count). The van der Waals surface area contributed by atoms with Gasteiger partial charge in [0.25, 0.3) is 0 Å². The van der Waals surface area contributed by atoms with Gasteiger partial charge in [0, 0.05) is 11.6 Å². The molecule has 26 heavy (non-hydrogen) atoms. The lowest BCUT2D eigenvalue weighted by molar-refractivity contribution is -0.136. The standard InChI is InChI=1S/C22H22O4/c1-4-15(2)17-7-10-19(11-8-17)26-22(23)14-24-20-12-9-18-6-5-16(3)25-21(18)13-20/h5-13,15H,3-4,14H2,1-2H3. The highest BCUT2D eigenvalue weighted by atomic mass is 16.6. The van der Waals surface area contributed by atoms with Gasteiger partial charge in [-0.1, -0.05) is 32.6 Å². The van der Waals surface area contributed by atoms with Gasteiger partial charge in [-0.05, 0) is 54.3 Å². The van der Waals surface area contributed by atoms with Gasteiger partial charge in [0.1, 0.15) is 23.0 Å². The molecule has 134 valence electrons. The van der Waals surface area contributed by atoms with Gasteiger partial charge in [-0.15, -0.1) is 0 Å². The van der Waals surface area contributed by atoms with E-state index in [9.17, 15) is 4.79 Å². The van der Waals surface area contributed by atoms with E-state index in [4.69, 9.17) is 14.2 Å². The van der Waals surface area contributed by atoms with Crippen molar-refractivity contribution in [3.63, 3.8) is 0 Å². The van der Waals surface area contributed by atoms with Crippen LogP contribution in [0.5, 0.6) is 17.2 Å². The number of hydrogen-bond acceptors (Lipinski definition) is 4. The Morgan fingerprint density at radius 1 is 1.12 bits per heavy atom. The van der Waals surface area contributed by atoms with Crippen LogP contribution in [-0.4, -0.2) is 12.6 Å². The van der Waals surface area contributed by atoms with Crippen molar-refractivity contribution >= 4 is 12.0 Å². The Morgan fingerprint density at radius 3 is 2.58 bits per heavy atom. The van der Waals surface area contributed by atoms with E-state index in [0.717, 1.165) is 12.0 Å². The maximum absolute atomic E-state index is 12.0. The van der Waals surface area contributed by atoms with Crippen LogP contribution in [0.2, 0.25) is 0 Å². The van der Waals surface area contributed by atoms with Crippen molar-refractivity contribution < 1.29 is 19.0 Å². The number of allylic oxidation sites excluding steroid dienone is 1. The van der Waals surface area contributed by atoms with E-state index in [2.05, 4.69) is 20.4 Å². The lowest BCUT2D eigenvalue weighted by atomic mass is 9.99. The summed E-state index contributed by atoms with van der Waals surface area (Å²) >= 11 is 0. The van der Waals surface area contributed by atoms with Crippen molar-refractivity contribution in [2.45, 2.75) is 26.2 Å². The fraction of sp³-hybridized carbons (Fsp3) is 0.227. The average molecular weight is 350 g/mol. The molecule has 1 atom stereocenters. The Bertz CT molecular complexity index is 834. The lowest BCUT2D eigenvalue weighted by Crippen LogP contribution is -2.17. The van der Waals surface area contributed by atoms with E-state index >= 15 is 0 Å². The fourth-order valence-electron chi connectivity index (χ4n) is 2.59. The summed E-state index contributed by atoms with van der Waals surface area (Å²) in [6.07, 6.45) is 4.79. The first-order valence-corrected chi connectivity index (χ1v) is 8.67. The second-order valence-electron chi connectivity index (χ2n) is 6.24. The predicted octanol–water partition coefficient (Wildman–Crippen LogP) is 5.10. The van der Waals surface area contributed by atoms with E-state index < -0.39 is 5.97 Å². The summed E-state index contributed by atoms with van der Waals surface area (Å²) < 4.78 is 16.4. The maximum Gasteiger partial charge on any atom is 0.349 e. The zero-order valence-electron chi connectivity index (χ0n) is 15.0. The van der Waals surface area contributed by atoms with Crippen molar-refractivity contribution in [2.75, 3.05) is 6.61 Å². The van der Waals surface area contributed by atoms with E-state index in [1.807, 2.05) is 36.4 Å². The average Bonchev–Trinajstić information content (AvgIpc) is 2.66. The highest BCUT2D eigenvalue weighted by molar-refractivity contribution is 5.74. The summed E-state index contributed by atoms with van der Waals surface area (Å²) in [5.74, 6) is 2.31. The summed E-state index contributed by atoms with van der Waals surface area (Å²) in [6.45, 7) is 7.90. The molecule has 2 aromatic carbocycles. The van der Waals surface area contributed by atoms with Crippen LogP contribution >= 0.6 is 0 Å². The van der Waals surface area contributed by atoms with Crippen molar-refractivity contribution in [3.05, 3.63) is 72.0 Å². The minimum absolute atomic E-state index is 0.178. The number of benzene rings is 2. The number of fused-ring (bicyclic) bond motifs is 1. The molecule has 0 spiro atoms. The quantitative estimate of drug-likeness (QED) is 0.537. The zero-order valence-corrected chi connectivity index (χ0v) is 15.0. The monoisotopic (exact) mass is 350 g/mol. The van der Waals surface area contributed by atoms with E-state index in [-0.39, 0.29) is 6.61 Å². The van der Waals surface area contributed by atoms with Crippen molar-refractivity contribution in [2.24, 2.45) is 0 Å². The second kappa shape index (κ2) is 7.91. The first kappa shape index (κ1) is 17.8. The summed E-state index contributed by atoms with van der Waals surface area (Å²) in [5, 5.41) is 0. The van der Waals surface area contributed by atoms with Gasteiger partial charge in [-0.2, -0.15) is 0 Å². The number of rotatable bonds is 6. The molecule has 0 fully saturated rings. The lowest BCUT2D eigenvalue weighted by Gasteiger charge is -2.15. The first-order chi connectivity index (χ1) is 12.5. The van der Waals surface area contributed by atoms with Gasteiger partial charge in [0.15, 0.2) is 6.61 Å². The van der Waals surface area contributed by atoms with Crippen LogP contribution in [0.25, 0.3) is 6.08 Å². The summed E-state index contributed by atoms with van der Waals surface area (Å²) in [4.78, 5) is 12.0. The Labute approximate surface area is 153 Å². The number of carbonyl (C=O) groups is 1. The third-order valence-corrected chi connectivity index (χ3v) is 4.32. The molecule has 1 aliphatic rings. The van der Waals surface area contributed by atoms with Crippen LogP contribution in [0.15, 0.2) is 60.9 Å². The van der Waals surface area contributed by atoms with Gasteiger partial charge < -0.3 is 14.2 Å². The van der Waals surface area contributed by atoms with Crippen LogP contribution in [0.3, 0.4) is 0 Å². The highest BCUT2D eigenvalue weighted by Gasteiger charge is 2.12. The summed E-state index contributed by atoms with van der Waals surface area (Å²) in [7, 11) is 0. The van der Waals surface area contributed by atoms with Crippen LogP contribution in [-0.2, 0) is 4.79 Å². The zero-order chi connectivity index (χ0) is 18.5. The third-order valence-electron chi connectivity index (χ3n) is 4.32. The van der Waals surface area contributed by atoms with Gasteiger partial charge >= 0.3 is 5.97 Å². The van der Waals surface area contributed by atoms with Gasteiger partial charge in [-0.3, -0.25) is 0 Å². The second-order valence-corrected chi connectivity index (χ2v) is 6.24. The molecule has 4 heteroatoms.